The van der Waals surface area contributed by atoms with Gasteiger partial charge in [-0.15, -0.1) is 0 Å². The molecular weight excluding hydrogens is 282 g/mol. The van der Waals surface area contributed by atoms with Crippen molar-refractivity contribution >= 4 is 16.6 Å². The minimum atomic E-state index is -1.48. The standard InChI is InChI=1S/C12H11N3O6/c1-20-11(17)7-4-8-6(5-9(7)15(18)19)10(16)14-2-3-21-12(14)13-8/h4-5,11,17H,2-3H2,1H3. The molecule has 110 valence electrons. The van der Waals surface area contributed by atoms with Crippen LogP contribution in [-0.2, 0) is 11.3 Å². The second kappa shape index (κ2) is 4.79. The van der Waals surface area contributed by atoms with E-state index in [1.54, 1.807) is 0 Å². The molecule has 2 heterocycles. The quantitative estimate of drug-likeness (QED) is 0.492. The topological polar surface area (TPSA) is 117 Å². The summed E-state index contributed by atoms with van der Waals surface area (Å²) < 4.78 is 11.2. The molecule has 0 fully saturated rings. The lowest BCUT2D eigenvalue weighted by atomic mass is 10.1. The van der Waals surface area contributed by atoms with Crippen molar-refractivity contribution in [3.8, 4) is 6.01 Å². The number of ether oxygens (including phenoxy) is 2. The monoisotopic (exact) mass is 293 g/mol. The first kappa shape index (κ1) is 13.5. The minimum Gasteiger partial charge on any atom is -0.463 e. The zero-order chi connectivity index (χ0) is 15.1. The van der Waals surface area contributed by atoms with Crippen LogP contribution in [-0.4, -0.2) is 33.3 Å². The fourth-order valence-corrected chi connectivity index (χ4v) is 2.27. The molecule has 1 unspecified atom stereocenters. The molecule has 1 N–H and O–H groups in total. The Hall–Kier alpha value is -2.52. The van der Waals surface area contributed by atoms with Gasteiger partial charge in [0.05, 0.1) is 27.9 Å². The van der Waals surface area contributed by atoms with Gasteiger partial charge in [-0.3, -0.25) is 19.5 Å². The predicted octanol–water partition coefficient (Wildman–Crippen LogP) is 0.334. The number of aliphatic hydroxyl groups excluding tert-OH is 1. The Morgan fingerprint density at radius 3 is 3.00 bits per heavy atom. The summed E-state index contributed by atoms with van der Waals surface area (Å²) in [7, 11) is 1.21. The summed E-state index contributed by atoms with van der Waals surface area (Å²) in [6.45, 7) is 0.682. The minimum absolute atomic E-state index is 0.0650. The molecule has 0 aliphatic carbocycles. The van der Waals surface area contributed by atoms with Gasteiger partial charge in [0.25, 0.3) is 17.3 Å². The highest BCUT2D eigenvalue weighted by Crippen LogP contribution is 2.30. The largest absolute Gasteiger partial charge is 0.463 e. The fraction of sp³-hybridized carbons (Fsp3) is 0.333. The Kier molecular flexibility index (Phi) is 3.07. The molecule has 0 bridgehead atoms. The van der Waals surface area contributed by atoms with Gasteiger partial charge in [-0.25, -0.2) is 0 Å². The molecule has 1 aromatic carbocycles. The van der Waals surface area contributed by atoms with Crippen molar-refractivity contribution in [1.29, 1.82) is 0 Å². The molecule has 21 heavy (non-hydrogen) atoms. The van der Waals surface area contributed by atoms with Gasteiger partial charge >= 0.3 is 0 Å². The summed E-state index contributed by atoms with van der Waals surface area (Å²) in [4.78, 5) is 26.9. The van der Waals surface area contributed by atoms with Crippen LogP contribution in [0.25, 0.3) is 10.9 Å². The number of nitro groups is 1. The second-order valence-corrected chi connectivity index (χ2v) is 4.47. The third-order valence-electron chi connectivity index (χ3n) is 3.30. The highest BCUT2D eigenvalue weighted by Gasteiger charge is 2.25. The normalized spacial score (nSPS) is 14.8. The third-order valence-corrected chi connectivity index (χ3v) is 3.30. The van der Waals surface area contributed by atoms with E-state index in [0.717, 1.165) is 6.07 Å². The lowest BCUT2D eigenvalue weighted by molar-refractivity contribution is -0.386. The van der Waals surface area contributed by atoms with E-state index in [9.17, 15) is 20.0 Å². The van der Waals surface area contributed by atoms with Gasteiger partial charge in [-0.05, 0) is 6.07 Å². The van der Waals surface area contributed by atoms with E-state index in [4.69, 9.17) is 9.47 Å². The van der Waals surface area contributed by atoms with Gasteiger partial charge in [0.1, 0.15) is 6.61 Å². The Bertz CT molecular complexity index is 800. The van der Waals surface area contributed by atoms with Crippen molar-refractivity contribution in [2.24, 2.45) is 0 Å². The average molecular weight is 293 g/mol. The number of rotatable bonds is 3. The zero-order valence-electron chi connectivity index (χ0n) is 11.0. The SMILES string of the molecule is COC(O)c1cc2nc3n(c(=O)c2cc1[N+](=O)[O-])CCO3. The lowest BCUT2D eigenvalue weighted by Crippen LogP contribution is -2.19. The maximum atomic E-state index is 12.3. The molecule has 0 amide bonds. The molecule has 1 atom stereocenters. The summed E-state index contributed by atoms with van der Waals surface area (Å²) in [6, 6.07) is 2.54. The van der Waals surface area contributed by atoms with Gasteiger partial charge in [0.2, 0.25) is 0 Å². The molecule has 1 aromatic heterocycles. The second-order valence-electron chi connectivity index (χ2n) is 4.47. The van der Waals surface area contributed by atoms with Crippen LogP contribution in [0.15, 0.2) is 16.9 Å². The Balaban J connectivity index is 2.35. The molecule has 3 rings (SSSR count). The molecule has 9 nitrogen and oxygen atoms in total. The van der Waals surface area contributed by atoms with Crippen molar-refractivity contribution < 1.29 is 19.5 Å². The molecule has 1 aliphatic rings. The van der Waals surface area contributed by atoms with E-state index in [1.807, 2.05) is 0 Å². The first-order valence-corrected chi connectivity index (χ1v) is 6.09. The van der Waals surface area contributed by atoms with Gasteiger partial charge in [-0.2, -0.15) is 4.98 Å². The van der Waals surface area contributed by atoms with Crippen LogP contribution < -0.4 is 10.3 Å². The number of hydrogen-bond donors (Lipinski definition) is 1. The smallest absolute Gasteiger partial charge is 0.299 e. The maximum Gasteiger partial charge on any atom is 0.299 e. The first-order chi connectivity index (χ1) is 10.0. The third kappa shape index (κ3) is 2.03. The lowest BCUT2D eigenvalue weighted by Gasteiger charge is -2.10. The molecule has 9 heteroatoms. The number of fused-ring (bicyclic) bond motifs is 2. The van der Waals surface area contributed by atoms with Crippen molar-refractivity contribution in [1.82, 2.24) is 9.55 Å². The highest BCUT2D eigenvalue weighted by atomic mass is 16.6. The Labute approximate surface area is 117 Å². The molecule has 0 saturated carbocycles. The van der Waals surface area contributed by atoms with Crippen molar-refractivity contribution in [2.45, 2.75) is 12.8 Å². The summed E-state index contributed by atoms with van der Waals surface area (Å²) in [5.74, 6) is 0. The van der Waals surface area contributed by atoms with Crippen molar-refractivity contribution in [3.05, 3.63) is 38.2 Å². The number of nitro benzene ring substituents is 1. The van der Waals surface area contributed by atoms with Gasteiger partial charge in [0.15, 0.2) is 6.29 Å². The first-order valence-electron chi connectivity index (χ1n) is 6.09. The van der Waals surface area contributed by atoms with Crippen LogP contribution in [0, 0.1) is 10.1 Å². The van der Waals surface area contributed by atoms with E-state index in [-0.39, 0.29) is 22.5 Å². The van der Waals surface area contributed by atoms with Gasteiger partial charge in [-0.1, -0.05) is 0 Å². The maximum absolute atomic E-state index is 12.3. The highest BCUT2D eigenvalue weighted by molar-refractivity contribution is 5.82. The number of aliphatic hydroxyl groups is 1. The molecule has 2 aromatic rings. The van der Waals surface area contributed by atoms with E-state index < -0.39 is 22.5 Å². The Morgan fingerprint density at radius 2 is 2.33 bits per heavy atom. The summed E-state index contributed by atoms with van der Waals surface area (Å²) >= 11 is 0. The fourth-order valence-electron chi connectivity index (χ4n) is 2.27. The van der Waals surface area contributed by atoms with Crippen LogP contribution in [0.5, 0.6) is 6.01 Å². The molecule has 0 radical (unpaired) electrons. The molecule has 0 spiro atoms. The number of benzene rings is 1. The zero-order valence-corrected chi connectivity index (χ0v) is 11.0. The van der Waals surface area contributed by atoms with Crippen LogP contribution in [0.2, 0.25) is 0 Å². The number of methoxy groups -OCH3 is 1. The molecule has 0 saturated heterocycles. The van der Waals surface area contributed by atoms with Crippen LogP contribution in [0.1, 0.15) is 11.9 Å². The van der Waals surface area contributed by atoms with Gasteiger partial charge < -0.3 is 14.6 Å². The van der Waals surface area contributed by atoms with Gasteiger partial charge in [0, 0.05) is 13.2 Å². The number of aromatic nitrogens is 2. The summed E-state index contributed by atoms with van der Waals surface area (Å²) in [6.07, 6.45) is -1.48. The predicted molar refractivity (Wildman–Crippen MR) is 70.1 cm³/mol. The van der Waals surface area contributed by atoms with Crippen LogP contribution >= 0.6 is 0 Å². The van der Waals surface area contributed by atoms with E-state index in [2.05, 4.69) is 4.98 Å². The summed E-state index contributed by atoms with van der Waals surface area (Å²) in [5.41, 5.74) is -0.654. The summed E-state index contributed by atoms with van der Waals surface area (Å²) in [5, 5.41) is 20.9. The van der Waals surface area contributed by atoms with E-state index >= 15 is 0 Å². The van der Waals surface area contributed by atoms with Crippen molar-refractivity contribution in [2.75, 3.05) is 13.7 Å². The van der Waals surface area contributed by atoms with E-state index in [0.29, 0.717) is 13.2 Å². The average Bonchev–Trinajstić information content (AvgIpc) is 2.93. The molecule has 1 aliphatic heterocycles. The van der Waals surface area contributed by atoms with E-state index in [1.165, 1.54) is 17.7 Å². The van der Waals surface area contributed by atoms with Crippen molar-refractivity contribution in [3.63, 3.8) is 0 Å². The number of nitrogens with zero attached hydrogens (tertiary/aromatic N) is 3. The molecular formula is C12H11N3O6. The Morgan fingerprint density at radius 1 is 1.57 bits per heavy atom. The van der Waals surface area contributed by atoms with Crippen LogP contribution in [0.4, 0.5) is 5.69 Å². The number of hydrogen-bond acceptors (Lipinski definition) is 7. The van der Waals surface area contributed by atoms with Crippen LogP contribution in [0.3, 0.4) is 0 Å².